The number of aromatic carboxylic acids is 1. The number of piperazine rings is 1. The maximum atomic E-state index is 15.6. The van der Waals surface area contributed by atoms with Crippen molar-refractivity contribution in [3.63, 3.8) is 0 Å². The number of fused-ring (bicyclic) bond motifs is 1. The normalized spacial score (nSPS) is 15.4. The first-order valence-electron chi connectivity index (χ1n) is 9.53. The molecule has 0 aliphatic carbocycles. The summed E-state index contributed by atoms with van der Waals surface area (Å²) in [6.07, 6.45) is 0.959. The van der Waals surface area contributed by atoms with E-state index in [0.717, 1.165) is 29.0 Å². The number of hydrogen-bond donors (Lipinski definition) is 2. The van der Waals surface area contributed by atoms with Gasteiger partial charge in [-0.3, -0.25) is 4.79 Å². The molecule has 2 heterocycles. The molecule has 10 heteroatoms. The summed E-state index contributed by atoms with van der Waals surface area (Å²) in [5.41, 5.74) is 0.532. The molecular weight excluding hydrogens is 413 g/mol. The second-order valence-electron chi connectivity index (χ2n) is 7.37. The molecule has 2 N–H and O–H groups in total. The SMILES string of the molecule is CN1CCN(Nc2c(F)cc3c(=O)c(C(=O)O)cn(-c4ccc(F)cc4)c3c2F)CC1. The van der Waals surface area contributed by atoms with Gasteiger partial charge in [-0.1, -0.05) is 0 Å². The van der Waals surface area contributed by atoms with Gasteiger partial charge < -0.3 is 20.0 Å². The highest BCUT2D eigenvalue weighted by molar-refractivity contribution is 5.94. The van der Waals surface area contributed by atoms with Crippen LogP contribution in [0.15, 0.2) is 41.3 Å². The lowest BCUT2D eigenvalue weighted by Gasteiger charge is -2.33. The molecule has 162 valence electrons. The molecule has 1 aliphatic heterocycles. The molecule has 3 aromatic rings. The molecule has 31 heavy (non-hydrogen) atoms. The van der Waals surface area contributed by atoms with Gasteiger partial charge in [-0.05, 0) is 37.4 Å². The number of carboxylic acid groups (broad SMARTS) is 1. The van der Waals surface area contributed by atoms with Crippen LogP contribution in [0.2, 0.25) is 0 Å². The third-order valence-electron chi connectivity index (χ3n) is 5.29. The van der Waals surface area contributed by atoms with E-state index in [2.05, 4.69) is 10.3 Å². The molecule has 0 spiro atoms. The van der Waals surface area contributed by atoms with Gasteiger partial charge in [0.15, 0.2) is 11.6 Å². The smallest absolute Gasteiger partial charge is 0.341 e. The van der Waals surface area contributed by atoms with E-state index in [1.807, 2.05) is 7.05 Å². The number of halogens is 3. The maximum Gasteiger partial charge on any atom is 0.341 e. The zero-order valence-corrected chi connectivity index (χ0v) is 16.5. The third-order valence-corrected chi connectivity index (χ3v) is 5.29. The predicted molar refractivity (Wildman–Crippen MR) is 109 cm³/mol. The van der Waals surface area contributed by atoms with Crippen molar-refractivity contribution in [3.8, 4) is 5.69 Å². The molecule has 7 nitrogen and oxygen atoms in total. The highest BCUT2D eigenvalue weighted by Gasteiger charge is 2.24. The van der Waals surface area contributed by atoms with E-state index in [4.69, 9.17) is 0 Å². The molecule has 0 atom stereocenters. The number of likely N-dealkylation sites (N-methyl/N-ethyl adjacent to an activating group) is 1. The molecule has 0 radical (unpaired) electrons. The first kappa shape index (κ1) is 20.9. The van der Waals surface area contributed by atoms with Crippen LogP contribution in [0.5, 0.6) is 0 Å². The van der Waals surface area contributed by atoms with E-state index in [1.54, 1.807) is 5.01 Å². The van der Waals surface area contributed by atoms with E-state index >= 15 is 4.39 Å². The van der Waals surface area contributed by atoms with Gasteiger partial charge in [-0.15, -0.1) is 0 Å². The van der Waals surface area contributed by atoms with E-state index in [-0.39, 0.29) is 11.2 Å². The number of hydrogen-bond acceptors (Lipinski definition) is 5. The number of carbonyl (C=O) groups is 1. The van der Waals surface area contributed by atoms with Crippen molar-refractivity contribution in [3.05, 3.63) is 69.8 Å². The van der Waals surface area contributed by atoms with E-state index < -0.39 is 45.5 Å². The van der Waals surface area contributed by atoms with Crippen LogP contribution in [0.25, 0.3) is 16.6 Å². The van der Waals surface area contributed by atoms with Crippen LogP contribution in [0.4, 0.5) is 18.9 Å². The van der Waals surface area contributed by atoms with Crippen LogP contribution in [-0.4, -0.2) is 58.8 Å². The van der Waals surface area contributed by atoms with Gasteiger partial charge in [-0.25, -0.2) is 23.0 Å². The number of carboxylic acids is 1. The van der Waals surface area contributed by atoms with Crippen LogP contribution in [0.1, 0.15) is 10.4 Å². The summed E-state index contributed by atoms with van der Waals surface area (Å²) >= 11 is 0. The topological polar surface area (TPSA) is 77.8 Å². The van der Waals surface area contributed by atoms with Gasteiger partial charge in [0.25, 0.3) is 0 Å². The zero-order valence-electron chi connectivity index (χ0n) is 16.5. The number of hydrazine groups is 1. The maximum absolute atomic E-state index is 15.6. The number of aromatic nitrogens is 1. The summed E-state index contributed by atoms with van der Waals surface area (Å²) in [5.74, 6) is -4.15. The summed E-state index contributed by atoms with van der Waals surface area (Å²) in [6, 6.07) is 5.67. The zero-order chi connectivity index (χ0) is 22.3. The van der Waals surface area contributed by atoms with Gasteiger partial charge >= 0.3 is 5.97 Å². The predicted octanol–water partition coefficient (Wildman–Crippen LogP) is 2.68. The van der Waals surface area contributed by atoms with E-state index in [1.165, 1.54) is 12.1 Å². The van der Waals surface area contributed by atoms with Crippen LogP contribution in [0.3, 0.4) is 0 Å². The van der Waals surface area contributed by atoms with Crippen molar-refractivity contribution in [1.82, 2.24) is 14.5 Å². The Morgan fingerprint density at radius 3 is 2.32 bits per heavy atom. The molecule has 1 saturated heterocycles. The third kappa shape index (κ3) is 3.87. The minimum Gasteiger partial charge on any atom is -0.477 e. The summed E-state index contributed by atoms with van der Waals surface area (Å²) in [7, 11) is 1.94. The molecule has 0 unspecified atom stereocenters. The van der Waals surface area contributed by atoms with Crippen LogP contribution >= 0.6 is 0 Å². The summed E-state index contributed by atoms with van der Waals surface area (Å²) in [5, 5.41) is 10.6. The highest BCUT2D eigenvalue weighted by atomic mass is 19.1. The van der Waals surface area contributed by atoms with Gasteiger partial charge in [0.1, 0.15) is 17.1 Å². The van der Waals surface area contributed by atoms with E-state index in [9.17, 15) is 23.5 Å². The van der Waals surface area contributed by atoms with Crippen molar-refractivity contribution < 1.29 is 23.1 Å². The number of nitrogens with one attached hydrogen (secondary N) is 1. The van der Waals surface area contributed by atoms with Crippen LogP contribution in [0, 0.1) is 17.5 Å². The Kier molecular flexibility index (Phi) is 5.42. The Morgan fingerprint density at radius 2 is 1.71 bits per heavy atom. The second kappa shape index (κ2) is 8.05. The minimum atomic E-state index is -1.54. The average molecular weight is 432 g/mol. The van der Waals surface area contributed by atoms with Crippen molar-refractivity contribution in [1.29, 1.82) is 0 Å². The first-order chi connectivity index (χ1) is 14.8. The Bertz CT molecular complexity index is 1220. The molecule has 2 aromatic carbocycles. The lowest BCUT2D eigenvalue weighted by molar-refractivity contribution is 0.0695. The average Bonchev–Trinajstić information content (AvgIpc) is 2.73. The Balaban J connectivity index is 1.94. The van der Waals surface area contributed by atoms with Gasteiger partial charge in [0.05, 0.1) is 10.9 Å². The fourth-order valence-electron chi connectivity index (χ4n) is 3.55. The standard InChI is InChI=1S/C21H19F3N4O3/c1-26-6-8-27(9-7-26)25-18-16(23)10-14-19(17(18)24)28(11-15(20(14)29)21(30)31)13-4-2-12(22)3-5-13/h2-5,10-11,25H,6-9H2,1H3,(H,30,31). The first-order valence-corrected chi connectivity index (χ1v) is 9.53. The van der Waals surface area contributed by atoms with Crippen molar-refractivity contribution in [2.75, 3.05) is 38.7 Å². The van der Waals surface area contributed by atoms with Gasteiger partial charge in [0, 0.05) is 38.1 Å². The molecule has 0 amide bonds. The lowest BCUT2D eigenvalue weighted by Crippen LogP contribution is -2.47. The monoisotopic (exact) mass is 432 g/mol. The highest BCUT2D eigenvalue weighted by Crippen LogP contribution is 2.29. The molecule has 1 aliphatic rings. The lowest BCUT2D eigenvalue weighted by atomic mass is 10.1. The number of anilines is 1. The fourth-order valence-corrected chi connectivity index (χ4v) is 3.55. The summed E-state index contributed by atoms with van der Waals surface area (Å²) in [4.78, 5) is 26.2. The number of nitrogens with zero attached hydrogens (tertiary/aromatic N) is 3. The van der Waals surface area contributed by atoms with Crippen molar-refractivity contribution >= 4 is 22.6 Å². The number of pyridine rings is 1. The Morgan fingerprint density at radius 1 is 1.06 bits per heavy atom. The van der Waals surface area contributed by atoms with Crippen LogP contribution < -0.4 is 10.9 Å². The Hall–Kier alpha value is -3.37. The molecule has 0 bridgehead atoms. The van der Waals surface area contributed by atoms with Crippen molar-refractivity contribution in [2.45, 2.75) is 0 Å². The van der Waals surface area contributed by atoms with Crippen molar-refractivity contribution in [2.24, 2.45) is 0 Å². The molecule has 4 rings (SSSR count). The summed E-state index contributed by atoms with van der Waals surface area (Å²) in [6.45, 7) is 2.45. The molecule has 1 aromatic heterocycles. The molecule has 1 fully saturated rings. The van der Waals surface area contributed by atoms with E-state index in [0.29, 0.717) is 26.2 Å². The second-order valence-corrected chi connectivity index (χ2v) is 7.37. The van der Waals surface area contributed by atoms with Crippen LogP contribution in [-0.2, 0) is 0 Å². The van der Waals surface area contributed by atoms with Gasteiger partial charge in [0.2, 0.25) is 5.43 Å². The largest absolute Gasteiger partial charge is 0.477 e. The summed E-state index contributed by atoms with van der Waals surface area (Å²) < 4.78 is 44.9. The molecular formula is C21H19F3N4O3. The fraction of sp³-hybridized carbons (Fsp3) is 0.238. The Labute approximate surface area is 174 Å². The quantitative estimate of drug-likeness (QED) is 0.660. The van der Waals surface area contributed by atoms with Gasteiger partial charge in [-0.2, -0.15) is 0 Å². The minimum absolute atomic E-state index is 0.213. The molecule has 0 saturated carbocycles. The number of rotatable bonds is 4. The number of benzene rings is 2.